The van der Waals surface area contributed by atoms with Gasteiger partial charge >= 0.3 is 5.97 Å². The number of aromatic nitrogens is 3. The maximum Gasteiger partial charge on any atom is 0.341 e. The molecular weight excluding hydrogens is 340 g/mol. The Bertz CT molecular complexity index is 853. The number of aromatic amines is 1. The number of ether oxygens (including phenoxy) is 2. The molecule has 1 fully saturated rings. The molecule has 0 radical (unpaired) electrons. The van der Waals surface area contributed by atoms with E-state index in [2.05, 4.69) is 15.6 Å². The molecule has 140 valence electrons. The van der Waals surface area contributed by atoms with Gasteiger partial charge in [-0.3, -0.25) is 19.7 Å². The number of rotatable bonds is 4. The van der Waals surface area contributed by atoms with Crippen molar-refractivity contribution in [1.29, 1.82) is 0 Å². The van der Waals surface area contributed by atoms with Gasteiger partial charge in [-0.05, 0) is 32.6 Å². The minimum atomic E-state index is -0.642. The number of nitrogens with one attached hydrogen (secondary N) is 2. The van der Waals surface area contributed by atoms with Crippen LogP contribution in [0.2, 0.25) is 0 Å². The molecule has 0 spiro atoms. The first kappa shape index (κ1) is 18.1. The fourth-order valence-electron chi connectivity index (χ4n) is 3.34. The van der Waals surface area contributed by atoms with Crippen LogP contribution in [0.1, 0.15) is 43.5 Å². The second-order valence-corrected chi connectivity index (χ2v) is 7.09. The van der Waals surface area contributed by atoms with Crippen molar-refractivity contribution in [2.24, 2.45) is 5.92 Å². The van der Waals surface area contributed by atoms with Crippen molar-refractivity contribution in [3.05, 3.63) is 28.3 Å². The van der Waals surface area contributed by atoms with Crippen LogP contribution in [0.15, 0.2) is 17.2 Å². The molecule has 0 aromatic rings. The first-order valence-electron chi connectivity index (χ1n) is 8.41. The first-order chi connectivity index (χ1) is 12.3. The van der Waals surface area contributed by atoms with Gasteiger partial charge < -0.3 is 9.47 Å². The monoisotopic (exact) mass is 362 g/mol. The number of hydrogen-bond donors (Lipinski definition) is 2. The van der Waals surface area contributed by atoms with Gasteiger partial charge in [0.25, 0.3) is 5.56 Å². The lowest BCUT2D eigenvalue weighted by Crippen LogP contribution is -2.36. The van der Waals surface area contributed by atoms with E-state index in [-0.39, 0.29) is 34.2 Å². The third-order valence-electron chi connectivity index (χ3n) is 4.49. The van der Waals surface area contributed by atoms with E-state index in [4.69, 9.17) is 9.47 Å². The number of nitrogens with zero attached hydrogens (tertiary/aromatic N) is 2. The number of esters is 1. The quantitative estimate of drug-likeness (QED) is 0.788. The van der Waals surface area contributed by atoms with E-state index < -0.39 is 11.5 Å². The van der Waals surface area contributed by atoms with Crippen molar-refractivity contribution in [2.45, 2.75) is 38.7 Å². The van der Waals surface area contributed by atoms with Crippen LogP contribution in [0.3, 0.4) is 0 Å². The van der Waals surface area contributed by atoms with Gasteiger partial charge in [-0.1, -0.05) is 0 Å². The van der Waals surface area contributed by atoms with Gasteiger partial charge in [-0.2, -0.15) is 5.10 Å². The van der Waals surface area contributed by atoms with E-state index in [1.165, 1.54) is 24.2 Å². The molecule has 0 saturated carbocycles. The number of carbonyl (C=O) groups is 2. The molecule has 3 heterocycles. The molecule has 1 unspecified atom stereocenters. The molecule has 2 N–H and O–H groups in total. The fraction of sp³-hybridized carbons (Fsp3) is 0.529. The number of methoxy groups -OCH3 is 1. The van der Waals surface area contributed by atoms with Gasteiger partial charge in [0, 0.05) is 25.4 Å². The summed E-state index contributed by atoms with van der Waals surface area (Å²) in [6.45, 7) is 4.65. The summed E-state index contributed by atoms with van der Waals surface area (Å²) in [4.78, 5) is 36.2. The Balaban J connectivity index is 1.79. The van der Waals surface area contributed by atoms with Crippen molar-refractivity contribution in [3.63, 3.8) is 0 Å². The lowest BCUT2D eigenvalue weighted by atomic mass is 9.86. The molecule has 9 heteroatoms. The van der Waals surface area contributed by atoms with Crippen molar-refractivity contribution in [2.75, 3.05) is 19.1 Å². The number of hydrogen-bond acceptors (Lipinski definition) is 6. The van der Waals surface area contributed by atoms with Crippen LogP contribution in [0, 0.1) is 5.92 Å². The average molecular weight is 362 g/mol. The molecule has 0 aromatic carbocycles. The molecule has 1 saturated heterocycles. The fourth-order valence-corrected chi connectivity index (χ4v) is 3.34. The molecule has 3 aliphatic rings. The third-order valence-corrected chi connectivity index (χ3v) is 4.49. The molecule has 0 bridgehead atoms. The summed E-state index contributed by atoms with van der Waals surface area (Å²) in [5.41, 5.74) is 2.51. The molecule has 0 aliphatic carbocycles. The van der Waals surface area contributed by atoms with Crippen molar-refractivity contribution < 1.29 is 19.1 Å². The predicted octanol–water partition coefficient (Wildman–Crippen LogP) is 1.13. The molecule has 3 aliphatic heterocycles. The molecule has 0 aromatic heterocycles. The van der Waals surface area contributed by atoms with E-state index in [1.807, 2.05) is 13.8 Å². The van der Waals surface area contributed by atoms with Crippen LogP contribution in [-0.2, 0) is 14.3 Å². The predicted molar refractivity (Wildman–Crippen MR) is 92.5 cm³/mol. The molecule has 1 amide bonds. The van der Waals surface area contributed by atoms with Crippen molar-refractivity contribution >= 4 is 11.9 Å². The van der Waals surface area contributed by atoms with Gasteiger partial charge in [-0.15, -0.1) is 0 Å². The lowest BCUT2D eigenvalue weighted by molar-refractivity contribution is -0.121. The van der Waals surface area contributed by atoms with Gasteiger partial charge in [0.15, 0.2) is 0 Å². The van der Waals surface area contributed by atoms with E-state index in [1.54, 1.807) is 0 Å². The van der Waals surface area contributed by atoms with Crippen LogP contribution in [-0.4, -0.2) is 46.1 Å². The highest BCUT2D eigenvalue weighted by molar-refractivity contribution is 5.96. The van der Waals surface area contributed by atoms with Gasteiger partial charge in [0.2, 0.25) is 5.91 Å². The van der Waals surface area contributed by atoms with Crippen molar-refractivity contribution in [3.8, 4) is 11.3 Å². The normalized spacial score (nSPS) is 19.3. The molecule has 9 nitrogen and oxygen atoms in total. The summed E-state index contributed by atoms with van der Waals surface area (Å²) >= 11 is 0. The topological polar surface area (TPSA) is 115 Å². The Morgan fingerprint density at radius 2 is 2.23 bits per heavy atom. The maximum atomic E-state index is 12.4. The third kappa shape index (κ3) is 3.77. The highest BCUT2D eigenvalue weighted by Gasteiger charge is 2.30. The van der Waals surface area contributed by atoms with E-state index >= 15 is 0 Å². The van der Waals surface area contributed by atoms with Gasteiger partial charge in [0.05, 0.1) is 18.3 Å². The zero-order chi connectivity index (χ0) is 18.9. The Morgan fingerprint density at radius 1 is 1.46 bits per heavy atom. The van der Waals surface area contributed by atoms with Gasteiger partial charge in [0.1, 0.15) is 11.3 Å². The van der Waals surface area contributed by atoms with Crippen LogP contribution < -0.4 is 11.0 Å². The van der Waals surface area contributed by atoms with Crippen LogP contribution in [0.25, 0.3) is 11.3 Å². The van der Waals surface area contributed by atoms with Crippen LogP contribution in [0.5, 0.6) is 0 Å². The largest absolute Gasteiger partial charge is 0.465 e. The summed E-state index contributed by atoms with van der Waals surface area (Å²) in [6.07, 6.45) is 4.77. The number of amides is 1. The number of pyridine rings is 1. The summed E-state index contributed by atoms with van der Waals surface area (Å²) in [7, 11) is 1.24. The SMILES string of the molecule is COC(=O)c1cn(NC(=O)CC2CCOC(C)(C)C2)cc2c(=O)[nH]nc1-2. The second kappa shape index (κ2) is 6.91. The Morgan fingerprint density at radius 3 is 2.92 bits per heavy atom. The minimum Gasteiger partial charge on any atom is -0.465 e. The van der Waals surface area contributed by atoms with E-state index in [0.717, 1.165) is 12.8 Å². The zero-order valence-corrected chi connectivity index (χ0v) is 15.0. The molecule has 1 atom stereocenters. The highest BCUT2D eigenvalue weighted by atomic mass is 16.5. The summed E-state index contributed by atoms with van der Waals surface area (Å²) in [5, 5.41) is 6.14. The first-order valence-corrected chi connectivity index (χ1v) is 8.41. The average Bonchev–Trinajstić information content (AvgIpc) is 2.93. The summed E-state index contributed by atoms with van der Waals surface area (Å²) < 4.78 is 11.7. The Labute approximate surface area is 150 Å². The smallest absolute Gasteiger partial charge is 0.341 e. The maximum absolute atomic E-state index is 12.4. The lowest BCUT2D eigenvalue weighted by Gasteiger charge is -2.35. The molecular formula is C17H22N4O5. The second-order valence-electron chi connectivity index (χ2n) is 7.09. The zero-order valence-electron chi connectivity index (χ0n) is 15.0. The Kier molecular flexibility index (Phi) is 4.82. The van der Waals surface area contributed by atoms with E-state index in [0.29, 0.717) is 13.0 Å². The summed E-state index contributed by atoms with van der Waals surface area (Å²) in [5.74, 6) is -0.632. The summed E-state index contributed by atoms with van der Waals surface area (Å²) in [6, 6.07) is 0. The molecule has 26 heavy (non-hydrogen) atoms. The number of fused-ring (bicyclic) bond motifs is 1. The van der Waals surface area contributed by atoms with E-state index in [9.17, 15) is 14.4 Å². The van der Waals surface area contributed by atoms with Gasteiger partial charge in [-0.25, -0.2) is 9.89 Å². The highest BCUT2D eigenvalue weighted by Crippen LogP contribution is 2.30. The standard InChI is InChI=1S/C17H22N4O5/c1-17(2)7-10(4-5-26-17)6-13(22)20-21-8-11-14(18-19-15(11)23)12(9-21)16(24)25-3/h8-10H,4-7H2,1-3H3,(H,19,23)(H,20,22). The van der Waals surface area contributed by atoms with Crippen molar-refractivity contribution in [1.82, 2.24) is 14.9 Å². The van der Waals surface area contributed by atoms with Crippen LogP contribution >= 0.6 is 0 Å². The number of carbonyl (C=O) groups excluding carboxylic acids is 2. The van der Waals surface area contributed by atoms with Crippen LogP contribution in [0.4, 0.5) is 0 Å². The molecule has 3 rings (SSSR count). The number of H-pyrrole nitrogens is 1. The Hall–Kier alpha value is -2.68. The minimum absolute atomic E-state index is 0.0934.